The van der Waals surface area contributed by atoms with Gasteiger partial charge in [0.25, 0.3) is 5.56 Å². The smallest absolute Gasteiger partial charge is 0.309 e. The second-order valence-electron chi connectivity index (χ2n) is 3.13. The molecule has 16 heavy (non-hydrogen) atoms. The summed E-state index contributed by atoms with van der Waals surface area (Å²) in [5, 5.41) is 13.3. The van der Waals surface area contributed by atoms with Gasteiger partial charge in [-0.2, -0.15) is 5.10 Å². The van der Waals surface area contributed by atoms with Gasteiger partial charge in [-0.3, -0.25) is 9.59 Å². The Morgan fingerprint density at radius 2 is 2.06 bits per heavy atom. The number of aryl methyl sites for hydroxylation is 1. The topological polar surface area (TPSA) is 101 Å². The molecule has 7 heteroatoms. The average Bonchev–Trinajstić information content (AvgIpc) is 2.28. The first kappa shape index (κ1) is 10.1. The van der Waals surface area contributed by atoms with Gasteiger partial charge in [-0.25, -0.2) is 9.67 Å². The zero-order valence-corrected chi connectivity index (χ0v) is 8.34. The summed E-state index contributed by atoms with van der Waals surface area (Å²) in [6, 6.07) is 0. The second kappa shape index (κ2) is 3.61. The Labute approximate surface area is 89.0 Å². The minimum atomic E-state index is -0.666. The summed E-state index contributed by atoms with van der Waals surface area (Å²) in [6.07, 6.45) is 3.72. The van der Waals surface area contributed by atoms with Crippen molar-refractivity contribution in [1.29, 1.82) is 0 Å². The molecule has 0 bridgehead atoms. The molecule has 2 aromatic rings. The van der Waals surface area contributed by atoms with E-state index in [0.717, 1.165) is 4.68 Å². The lowest BCUT2D eigenvalue weighted by Crippen LogP contribution is -2.20. The molecule has 0 atom stereocenters. The molecule has 0 radical (unpaired) electrons. The molecule has 0 amide bonds. The van der Waals surface area contributed by atoms with Crippen molar-refractivity contribution in [1.82, 2.24) is 19.7 Å². The third-order valence-corrected chi connectivity index (χ3v) is 2.12. The number of aromatic hydroxyl groups is 1. The first-order valence-corrected chi connectivity index (χ1v) is 4.39. The molecule has 0 aliphatic carbocycles. The summed E-state index contributed by atoms with van der Waals surface area (Å²) in [5.41, 5.74) is -0.941. The molecule has 7 nitrogen and oxygen atoms in total. The van der Waals surface area contributed by atoms with Crippen LogP contribution >= 0.6 is 0 Å². The Hall–Kier alpha value is -2.44. The molecule has 2 rings (SSSR count). The molecule has 0 unspecified atom stereocenters. The molecule has 0 saturated heterocycles. The van der Waals surface area contributed by atoms with Crippen LogP contribution in [0.4, 0.5) is 0 Å². The molecular weight excluding hydrogens is 212 g/mol. The lowest BCUT2D eigenvalue weighted by Gasteiger charge is -2.03. The van der Waals surface area contributed by atoms with E-state index in [1.807, 2.05) is 0 Å². The van der Waals surface area contributed by atoms with Crippen molar-refractivity contribution in [2.24, 2.45) is 7.05 Å². The Morgan fingerprint density at radius 1 is 1.31 bits per heavy atom. The number of nitrogens with zero attached hydrogens (tertiary/aromatic N) is 3. The van der Waals surface area contributed by atoms with Gasteiger partial charge in [-0.05, 0) is 0 Å². The van der Waals surface area contributed by atoms with Gasteiger partial charge >= 0.3 is 5.56 Å². The van der Waals surface area contributed by atoms with Crippen LogP contribution in [0.15, 0.2) is 28.3 Å². The minimum Gasteiger partial charge on any atom is -0.503 e. The molecule has 82 valence electrons. The van der Waals surface area contributed by atoms with Crippen LogP contribution in [0, 0.1) is 0 Å². The number of aromatic amines is 1. The highest BCUT2D eigenvalue weighted by Crippen LogP contribution is 2.20. The summed E-state index contributed by atoms with van der Waals surface area (Å²) < 4.78 is 0.976. The summed E-state index contributed by atoms with van der Waals surface area (Å²) in [5.74, 6) is -0.518. The van der Waals surface area contributed by atoms with Crippen LogP contribution in [0.3, 0.4) is 0 Å². The highest BCUT2D eigenvalue weighted by Gasteiger charge is 2.12. The SMILES string of the molecule is Cn1ncc(-c2cnc[nH]c2=O)c(O)c1=O. The van der Waals surface area contributed by atoms with Crippen molar-refractivity contribution in [3.05, 3.63) is 39.4 Å². The predicted octanol–water partition coefficient (Wildman–Crippen LogP) is -0.764. The van der Waals surface area contributed by atoms with Crippen LogP contribution in [0.5, 0.6) is 5.75 Å². The summed E-state index contributed by atoms with van der Waals surface area (Å²) in [6.45, 7) is 0. The highest BCUT2D eigenvalue weighted by molar-refractivity contribution is 5.66. The predicted molar refractivity (Wildman–Crippen MR) is 55.0 cm³/mol. The van der Waals surface area contributed by atoms with Gasteiger partial charge in [0.15, 0.2) is 5.75 Å². The quantitative estimate of drug-likeness (QED) is 0.657. The minimum absolute atomic E-state index is 0.0671. The molecule has 0 saturated carbocycles. The molecule has 0 fully saturated rings. The number of rotatable bonds is 1. The van der Waals surface area contributed by atoms with Gasteiger partial charge < -0.3 is 10.1 Å². The van der Waals surface area contributed by atoms with Crippen LogP contribution < -0.4 is 11.1 Å². The molecule has 0 spiro atoms. The fourth-order valence-corrected chi connectivity index (χ4v) is 1.26. The Kier molecular flexibility index (Phi) is 2.28. The van der Waals surface area contributed by atoms with E-state index in [1.54, 1.807) is 0 Å². The van der Waals surface area contributed by atoms with Gasteiger partial charge in [0.2, 0.25) is 0 Å². The zero-order chi connectivity index (χ0) is 11.7. The third-order valence-electron chi connectivity index (χ3n) is 2.12. The molecular formula is C9H8N4O3. The maximum atomic E-state index is 11.4. The number of hydrogen-bond acceptors (Lipinski definition) is 5. The Balaban J connectivity index is 2.77. The van der Waals surface area contributed by atoms with Crippen molar-refractivity contribution < 1.29 is 5.11 Å². The van der Waals surface area contributed by atoms with Crippen LogP contribution in [0.25, 0.3) is 11.1 Å². The maximum absolute atomic E-state index is 11.4. The van der Waals surface area contributed by atoms with Crippen molar-refractivity contribution in [3.8, 4) is 16.9 Å². The number of aromatic nitrogens is 4. The van der Waals surface area contributed by atoms with Crippen LogP contribution in [0.1, 0.15) is 0 Å². The fraction of sp³-hybridized carbons (Fsp3) is 0.111. The van der Waals surface area contributed by atoms with Gasteiger partial charge in [0.1, 0.15) is 0 Å². The van der Waals surface area contributed by atoms with Gasteiger partial charge in [-0.15, -0.1) is 0 Å². The van der Waals surface area contributed by atoms with Gasteiger partial charge in [0.05, 0.1) is 23.7 Å². The molecule has 0 aromatic carbocycles. The Bertz CT molecular complexity index is 644. The van der Waals surface area contributed by atoms with Crippen molar-refractivity contribution >= 4 is 0 Å². The molecule has 2 heterocycles. The van der Waals surface area contributed by atoms with Crippen molar-refractivity contribution in [3.63, 3.8) is 0 Å². The van der Waals surface area contributed by atoms with E-state index in [1.165, 1.54) is 25.8 Å². The second-order valence-corrected chi connectivity index (χ2v) is 3.13. The average molecular weight is 220 g/mol. The number of H-pyrrole nitrogens is 1. The third kappa shape index (κ3) is 1.48. The maximum Gasteiger partial charge on any atom is 0.309 e. The molecule has 2 aromatic heterocycles. The molecule has 0 aliphatic heterocycles. The van der Waals surface area contributed by atoms with E-state index < -0.39 is 16.9 Å². The Morgan fingerprint density at radius 3 is 2.75 bits per heavy atom. The fourth-order valence-electron chi connectivity index (χ4n) is 1.26. The van der Waals surface area contributed by atoms with E-state index in [2.05, 4.69) is 15.1 Å². The van der Waals surface area contributed by atoms with E-state index in [4.69, 9.17) is 0 Å². The summed E-state index contributed by atoms with van der Waals surface area (Å²) in [4.78, 5) is 28.9. The largest absolute Gasteiger partial charge is 0.503 e. The van der Waals surface area contributed by atoms with E-state index in [9.17, 15) is 14.7 Å². The van der Waals surface area contributed by atoms with E-state index in [-0.39, 0.29) is 11.1 Å². The lowest BCUT2D eigenvalue weighted by atomic mass is 10.1. The van der Waals surface area contributed by atoms with Gasteiger partial charge in [-0.1, -0.05) is 0 Å². The first-order valence-electron chi connectivity index (χ1n) is 4.39. The zero-order valence-electron chi connectivity index (χ0n) is 8.34. The summed E-state index contributed by atoms with van der Waals surface area (Å²) >= 11 is 0. The van der Waals surface area contributed by atoms with Crippen LogP contribution in [0.2, 0.25) is 0 Å². The number of nitrogens with one attached hydrogen (secondary N) is 1. The van der Waals surface area contributed by atoms with E-state index in [0.29, 0.717) is 0 Å². The van der Waals surface area contributed by atoms with Crippen LogP contribution in [-0.4, -0.2) is 24.9 Å². The van der Waals surface area contributed by atoms with Crippen LogP contribution in [-0.2, 0) is 7.05 Å². The monoisotopic (exact) mass is 220 g/mol. The number of hydrogen-bond donors (Lipinski definition) is 2. The highest BCUT2D eigenvalue weighted by atomic mass is 16.3. The van der Waals surface area contributed by atoms with Crippen molar-refractivity contribution in [2.45, 2.75) is 0 Å². The molecule has 0 aliphatic rings. The van der Waals surface area contributed by atoms with E-state index >= 15 is 0 Å². The summed E-state index contributed by atoms with van der Waals surface area (Å²) in [7, 11) is 1.40. The van der Waals surface area contributed by atoms with Crippen molar-refractivity contribution in [2.75, 3.05) is 0 Å². The normalized spacial score (nSPS) is 10.3. The standard InChI is InChI=1S/C9H8N4O3/c1-13-9(16)7(14)5(3-12-13)6-2-10-4-11-8(6)15/h2-4,14H,1H3,(H,10,11,15). The lowest BCUT2D eigenvalue weighted by molar-refractivity contribution is 0.456. The van der Waals surface area contributed by atoms with Gasteiger partial charge in [0, 0.05) is 13.2 Å². The molecule has 2 N–H and O–H groups in total. The first-order chi connectivity index (χ1) is 7.61.